The summed E-state index contributed by atoms with van der Waals surface area (Å²) in [6.45, 7) is 1.62. The maximum Gasteiger partial charge on any atom is 0.573 e. The molecule has 1 aromatic heterocycles. The maximum absolute atomic E-state index is 13.1. The Morgan fingerprint density at radius 3 is 2.26 bits per heavy atom. The Morgan fingerprint density at radius 2 is 1.68 bits per heavy atom. The third-order valence-corrected chi connectivity index (χ3v) is 9.57. The molecule has 0 aliphatic carbocycles. The lowest BCUT2D eigenvalue weighted by molar-refractivity contribution is -0.274. The van der Waals surface area contributed by atoms with E-state index in [1.807, 2.05) is 0 Å². The third kappa shape index (κ3) is 8.91. The van der Waals surface area contributed by atoms with Gasteiger partial charge in [0.2, 0.25) is 10.0 Å². The number of ether oxygens (including phenoxy) is 1. The van der Waals surface area contributed by atoms with Crippen LogP contribution in [0.25, 0.3) is 11.0 Å². The van der Waals surface area contributed by atoms with Gasteiger partial charge in [-0.3, -0.25) is 9.78 Å². The number of fused-ring (bicyclic) bond motifs is 1. The zero-order valence-electron chi connectivity index (χ0n) is 24.7. The van der Waals surface area contributed by atoms with Gasteiger partial charge >= 0.3 is 12.3 Å². The molecule has 252 valence electrons. The van der Waals surface area contributed by atoms with Gasteiger partial charge in [0.25, 0.3) is 5.92 Å². The first-order valence-corrected chi connectivity index (χ1v) is 16.2. The van der Waals surface area contributed by atoms with Crippen LogP contribution in [0.5, 0.6) is 5.75 Å². The second-order valence-corrected chi connectivity index (χ2v) is 13.1. The van der Waals surface area contributed by atoms with Crippen molar-refractivity contribution in [3.05, 3.63) is 88.5 Å². The summed E-state index contributed by atoms with van der Waals surface area (Å²) in [4.78, 5) is 22.1. The van der Waals surface area contributed by atoms with E-state index in [9.17, 15) is 40.3 Å². The lowest BCUT2D eigenvalue weighted by Crippen LogP contribution is -2.58. The van der Waals surface area contributed by atoms with Gasteiger partial charge in [0, 0.05) is 42.6 Å². The van der Waals surface area contributed by atoms with Crippen LogP contribution in [0.1, 0.15) is 24.5 Å². The fourth-order valence-corrected chi connectivity index (χ4v) is 6.54. The molecule has 0 radical (unpaired) electrons. The van der Waals surface area contributed by atoms with Crippen molar-refractivity contribution in [1.29, 1.82) is 0 Å². The standard InChI is InChI=1S/C20H16BrF3N4O5S.C10H13F2N/c21-12-1-6-15-16(9-12)25-10-18(26-15)27-7-8-28(17(11-27)19(29)30)34(31,32)14-4-2-13(3-5-14)33-20(22,23)24;1-2-10(11,12)9-5-3-8(7-13)4-6-9/h1-6,9-10,17H,7-8,11H2,(H,29,30);3-6H,2,7,13H2,1H3/t17-;/m1./s1. The Hall–Kier alpha value is -3.93. The molecule has 1 aliphatic rings. The zero-order chi connectivity index (χ0) is 34.6. The number of benzene rings is 3. The third-order valence-electron chi connectivity index (χ3n) is 7.15. The molecule has 0 bridgehead atoms. The number of hydrogen-bond donors (Lipinski definition) is 2. The van der Waals surface area contributed by atoms with Crippen molar-refractivity contribution in [3.8, 4) is 5.75 Å². The van der Waals surface area contributed by atoms with Gasteiger partial charge in [-0.2, -0.15) is 4.31 Å². The molecule has 10 nitrogen and oxygen atoms in total. The number of alkyl halides is 5. The zero-order valence-corrected chi connectivity index (χ0v) is 27.1. The van der Waals surface area contributed by atoms with Crippen LogP contribution in [0.2, 0.25) is 0 Å². The molecule has 4 aromatic rings. The second-order valence-electron chi connectivity index (χ2n) is 10.3. The van der Waals surface area contributed by atoms with Crippen molar-refractivity contribution >= 4 is 48.8 Å². The van der Waals surface area contributed by atoms with Crippen LogP contribution in [0.15, 0.2) is 82.3 Å². The van der Waals surface area contributed by atoms with Crippen molar-refractivity contribution in [3.63, 3.8) is 0 Å². The fourth-order valence-electron chi connectivity index (χ4n) is 4.63. The van der Waals surface area contributed by atoms with Crippen molar-refractivity contribution in [2.24, 2.45) is 5.73 Å². The first-order chi connectivity index (χ1) is 22.0. The van der Waals surface area contributed by atoms with Gasteiger partial charge in [0.15, 0.2) is 0 Å². The van der Waals surface area contributed by atoms with E-state index < -0.39 is 40.1 Å². The number of hydrogen-bond acceptors (Lipinski definition) is 8. The van der Waals surface area contributed by atoms with Crippen LogP contribution in [0.4, 0.5) is 27.8 Å². The lowest BCUT2D eigenvalue weighted by atomic mass is 10.0. The minimum absolute atomic E-state index is 0.0622. The molecule has 17 heteroatoms. The van der Waals surface area contributed by atoms with E-state index in [1.54, 1.807) is 35.2 Å². The van der Waals surface area contributed by atoms with Crippen molar-refractivity contribution < 1.29 is 45.0 Å². The van der Waals surface area contributed by atoms with Crippen LogP contribution < -0.4 is 15.4 Å². The summed E-state index contributed by atoms with van der Waals surface area (Å²) in [6.07, 6.45) is -3.61. The molecule has 3 N–H and O–H groups in total. The fraction of sp³-hybridized carbons (Fsp3) is 0.300. The van der Waals surface area contributed by atoms with E-state index in [0.29, 0.717) is 23.4 Å². The largest absolute Gasteiger partial charge is 0.573 e. The Kier molecular flexibility index (Phi) is 11.0. The minimum Gasteiger partial charge on any atom is -0.480 e. The average Bonchev–Trinajstić information content (AvgIpc) is 3.04. The quantitative estimate of drug-likeness (QED) is 0.211. The summed E-state index contributed by atoms with van der Waals surface area (Å²) < 4.78 is 94.8. The summed E-state index contributed by atoms with van der Waals surface area (Å²) >= 11 is 3.35. The number of halogens is 6. The first kappa shape index (κ1) is 35.9. The Labute approximate surface area is 275 Å². The number of nitrogens with two attached hydrogens (primary N) is 1. The normalized spacial score (nSPS) is 16.0. The van der Waals surface area contributed by atoms with Gasteiger partial charge in [0.1, 0.15) is 17.6 Å². The van der Waals surface area contributed by atoms with E-state index in [1.165, 1.54) is 25.3 Å². The van der Waals surface area contributed by atoms with E-state index in [0.717, 1.165) is 38.6 Å². The molecular formula is C30H29BrF5N5O5S. The van der Waals surface area contributed by atoms with Crippen molar-refractivity contribution in [2.75, 3.05) is 24.5 Å². The number of sulfonamides is 1. The number of carbonyl (C=O) groups is 1. The Morgan fingerprint density at radius 1 is 1.02 bits per heavy atom. The highest BCUT2D eigenvalue weighted by atomic mass is 79.9. The molecule has 1 aliphatic heterocycles. The van der Waals surface area contributed by atoms with Crippen molar-refractivity contribution in [1.82, 2.24) is 14.3 Å². The summed E-state index contributed by atoms with van der Waals surface area (Å²) in [5.74, 6) is -4.28. The maximum atomic E-state index is 13.1. The first-order valence-electron chi connectivity index (χ1n) is 14.0. The number of nitrogens with zero attached hydrogens (tertiary/aromatic N) is 4. The van der Waals surface area contributed by atoms with E-state index in [-0.39, 0.29) is 36.5 Å². The monoisotopic (exact) mass is 745 g/mol. The van der Waals surface area contributed by atoms with Crippen molar-refractivity contribution in [2.45, 2.75) is 43.1 Å². The molecule has 1 atom stereocenters. The summed E-state index contributed by atoms with van der Waals surface area (Å²) in [5, 5.41) is 9.74. The van der Waals surface area contributed by atoms with Gasteiger partial charge in [-0.15, -0.1) is 13.2 Å². The van der Waals surface area contributed by atoms with E-state index in [4.69, 9.17) is 5.73 Å². The number of anilines is 1. The van der Waals surface area contributed by atoms with Crippen LogP contribution in [-0.4, -0.2) is 65.8 Å². The number of carboxylic acid groups (broad SMARTS) is 1. The number of rotatable bonds is 8. The lowest BCUT2D eigenvalue weighted by Gasteiger charge is -2.38. The predicted molar refractivity (Wildman–Crippen MR) is 166 cm³/mol. The molecular weight excluding hydrogens is 717 g/mol. The van der Waals surface area contributed by atoms with Crippen LogP contribution in [0, 0.1) is 0 Å². The van der Waals surface area contributed by atoms with E-state index in [2.05, 4.69) is 30.6 Å². The predicted octanol–water partition coefficient (Wildman–Crippen LogP) is 5.90. The second kappa shape index (κ2) is 14.5. The van der Waals surface area contributed by atoms with E-state index >= 15 is 0 Å². The summed E-state index contributed by atoms with van der Waals surface area (Å²) in [6, 6.07) is 13.6. The molecule has 3 aromatic carbocycles. The molecule has 0 spiro atoms. The van der Waals surface area contributed by atoms with Gasteiger partial charge < -0.3 is 20.5 Å². The number of aliphatic carboxylic acids is 1. The van der Waals surface area contributed by atoms with Crippen LogP contribution >= 0.6 is 15.9 Å². The Bertz CT molecular complexity index is 1810. The van der Waals surface area contributed by atoms with Gasteiger partial charge in [-0.05, 0) is 48.0 Å². The molecule has 1 saturated heterocycles. The molecule has 1 fully saturated rings. The topological polar surface area (TPSA) is 139 Å². The number of piperazine rings is 1. The summed E-state index contributed by atoms with van der Waals surface area (Å²) in [7, 11) is -4.31. The Balaban J connectivity index is 0.000000323. The van der Waals surface area contributed by atoms with Gasteiger partial charge in [0.05, 0.1) is 22.1 Å². The molecule has 2 heterocycles. The van der Waals surface area contributed by atoms with Crippen LogP contribution in [-0.2, 0) is 27.3 Å². The highest BCUT2D eigenvalue weighted by molar-refractivity contribution is 9.10. The van der Waals surface area contributed by atoms with Gasteiger partial charge in [-0.1, -0.05) is 47.1 Å². The van der Waals surface area contributed by atoms with Crippen LogP contribution in [0.3, 0.4) is 0 Å². The number of carboxylic acids is 1. The molecule has 5 rings (SSSR count). The highest BCUT2D eigenvalue weighted by Gasteiger charge is 2.41. The smallest absolute Gasteiger partial charge is 0.480 e. The minimum atomic E-state index is -4.92. The SMILES string of the molecule is CCC(F)(F)c1ccc(CN)cc1.O=C(O)[C@H]1CN(c2cnc3cc(Br)ccc3n2)CCN1S(=O)(=O)c1ccc(OC(F)(F)F)cc1. The number of aromatic nitrogens is 2. The highest BCUT2D eigenvalue weighted by Crippen LogP contribution is 2.31. The average molecular weight is 747 g/mol. The molecule has 0 unspecified atom stereocenters. The molecule has 0 amide bonds. The van der Waals surface area contributed by atoms with Gasteiger partial charge in [-0.25, -0.2) is 22.2 Å². The molecule has 47 heavy (non-hydrogen) atoms. The molecule has 0 saturated carbocycles. The summed E-state index contributed by atoms with van der Waals surface area (Å²) in [5.41, 5.74) is 7.51.